The molecule has 1 fully saturated rings. The van der Waals surface area contributed by atoms with Gasteiger partial charge in [-0.1, -0.05) is 32.0 Å². The van der Waals surface area contributed by atoms with Crippen molar-refractivity contribution in [2.24, 2.45) is 5.41 Å². The van der Waals surface area contributed by atoms with E-state index in [0.29, 0.717) is 11.4 Å². The van der Waals surface area contributed by atoms with Gasteiger partial charge in [0.25, 0.3) is 0 Å². The van der Waals surface area contributed by atoms with Crippen LogP contribution in [0.25, 0.3) is 0 Å². The molecule has 0 saturated carbocycles. The minimum Gasteiger partial charge on any atom is -0.312 e. The van der Waals surface area contributed by atoms with E-state index in [9.17, 15) is 8.42 Å². The molecule has 1 aromatic rings. The average molecular weight is 282 g/mol. The van der Waals surface area contributed by atoms with Gasteiger partial charge in [0, 0.05) is 12.6 Å². The smallest absolute Gasteiger partial charge is 0.240 e. The molecule has 1 atom stereocenters. The van der Waals surface area contributed by atoms with Crippen LogP contribution >= 0.6 is 0 Å². The van der Waals surface area contributed by atoms with Gasteiger partial charge >= 0.3 is 0 Å². The molecule has 4 nitrogen and oxygen atoms in total. The number of piperidine rings is 1. The second-order valence-electron chi connectivity index (χ2n) is 5.76. The van der Waals surface area contributed by atoms with E-state index in [2.05, 4.69) is 23.9 Å². The minimum atomic E-state index is -3.40. The molecule has 0 amide bonds. The second-order valence-corrected chi connectivity index (χ2v) is 7.53. The molecule has 1 heterocycles. The van der Waals surface area contributed by atoms with E-state index in [1.165, 1.54) is 0 Å². The Morgan fingerprint density at radius 1 is 1.32 bits per heavy atom. The van der Waals surface area contributed by atoms with Crippen molar-refractivity contribution in [3.63, 3.8) is 0 Å². The van der Waals surface area contributed by atoms with Crippen LogP contribution < -0.4 is 10.0 Å². The van der Waals surface area contributed by atoms with Crippen molar-refractivity contribution < 1.29 is 8.42 Å². The molecular weight excluding hydrogens is 260 g/mol. The maximum Gasteiger partial charge on any atom is 0.240 e. The van der Waals surface area contributed by atoms with Crippen LogP contribution in [0.2, 0.25) is 0 Å². The lowest BCUT2D eigenvalue weighted by atomic mass is 9.78. The van der Waals surface area contributed by atoms with Gasteiger partial charge in [-0.25, -0.2) is 13.1 Å². The van der Waals surface area contributed by atoms with Gasteiger partial charge in [-0.3, -0.25) is 0 Å². The molecule has 1 unspecified atom stereocenters. The van der Waals surface area contributed by atoms with Crippen molar-refractivity contribution in [2.45, 2.75) is 37.6 Å². The standard InChI is InChI=1S/C14H22N2O2S/c1-14(2)9-6-10-15-13(14)11-16-19(17,18)12-7-4-3-5-8-12/h3-5,7-8,13,15-16H,6,9-11H2,1-2H3. The highest BCUT2D eigenvalue weighted by molar-refractivity contribution is 7.89. The summed E-state index contributed by atoms with van der Waals surface area (Å²) in [5.74, 6) is 0. The molecule has 1 aliphatic heterocycles. The predicted molar refractivity (Wildman–Crippen MR) is 76.4 cm³/mol. The quantitative estimate of drug-likeness (QED) is 0.884. The maximum absolute atomic E-state index is 12.1. The summed E-state index contributed by atoms with van der Waals surface area (Å²) in [5.41, 5.74) is 0.122. The zero-order chi connectivity index (χ0) is 13.9. The van der Waals surface area contributed by atoms with Crippen LogP contribution in [0.4, 0.5) is 0 Å². The molecule has 19 heavy (non-hydrogen) atoms. The molecule has 0 bridgehead atoms. The molecule has 0 aliphatic carbocycles. The SMILES string of the molecule is CC1(C)CCCNC1CNS(=O)(=O)c1ccccc1. The summed E-state index contributed by atoms with van der Waals surface area (Å²) in [5, 5.41) is 3.41. The van der Waals surface area contributed by atoms with Crippen molar-refractivity contribution >= 4 is 10.0 Å². The Labute approximate surface area is 115 Å². The Hall–Kier alpha value is -0.910. The molecular formula is C14H22N2O2S. The average Bonchev–Trinajstić information content (AvgIpc) is 2.38. The first kappa shape index (κ1) is 14.5. The van der Waals surface area contributed by atoms with E-state index in [1.807, 2.05) is 6.07 Å². The third-order valence-electron chi connectivity index (χ3n) is 3.86. The van der Waals surface area contributed by atoms with Crippen LogP contribution in [-0.2, 0) is 10.0 Å². The van der Waals surface area contributed by atoms with Crippen LogP contribution in [0.5, 0.6) is 0 Å². The lowest BCUT2D eigenvalue weighted by molar-refractivity contribution is 0.181. The fourth-order valence-electron chi connectivity index (χ4n) is 2.50. The van der Waals surface area contributed by atoms with Crippen molar-refractivity contribution in [3.05, 3.63) is 30.3 Å². The molecule has 2 rings (SSSR count). The van der Waals surface area contributed by atoms with Crippen molar-refractivity contribution in [1.29, 1.82) is 0 Å². The second kappa shape index (κ2) is 5.61. The van der Waals surface area contributed by atoms with Gasteiger partial charge in [-0.05, 0) is 36.9 Å². The van der Waals surface area contributed by atoms with Crippen molar-refractivity contribution in [3.8, 4) is 0 Å². The summed E-state index contributed by atoms with van der Waals surface area (Å²) in [6, 6.07) is 8.68. The summed E-state index contributed by atoms with van der Waals surface area (Å²) < 4.78 is 27.0. The van der Waals surface area contributed by atoms with E-state index in [-0.39, 0.29) is 11.5 Å². The Morgan fingerprint density at radius 2 is 2.00 bits per heavy atom. The number of nitrogens with one attached hydrogen (secondary N) is 2. The van der Waals surface area contributed by atoms with Gasteiger partial charge < -0.3 is 5.32 Å². The number of benzene rings is 1. The fraction of sp³-hybridized carbons (Fsp3) is 0.571. The van der Waals surface area contributed by atoms with Gasteiger partial charge in [-0.15, -0.1) is 0 Å². The fourth-order valence-corrected chi connectivity index (χ4v) is 3.56. The predicted octanol–water partition coefficient (Wildman–Crippen LogP) is 1.74. The largest absolute Gasteiger partial charge is 0.312 e. The van der Waals surface area contributed by atoms with Crippen LogP contribution in [0.15, 0.2) is 35.2 Å². The Balaban J connectivity index is 2.02. The third kappa shape index (κ3) is 3.55. The van der Waals surface area contributed by atoms with E-state index in [1.54, 1.807) is 24.3 Å². The maximum atomic E-state index is 12.1. The highest BCUT2D eigenvalue weighted by Gasteiger charge is 2.32. The summed E-state index contributed by atoms with van der Waals surface area (Å²) >= 11 is 0. The Kier molecular flexibility index (Phi) is 4.28. The lowest BCUT2D eigenvalue weighted by Gasteiger charge is -2.39. The molecule has 1 saturated heterocycles. The number of sulfonamides is 1. The molecule has 1 aromatic carbocycles. The third-order valence-corrected chi connectivity index (χ3v) is 5.30. The van der Waals surface area contributed by atoms with Crippen molar-refractivity contribution in [2.75, 3.05) is 13.1 Å². The van der Waals surface area contributed by atoms with Gasteiger partial charge in [0.05, 0.1) is 4.90 Å². The first-order valence-corrected chi connectivity index (χ1v) is 8.18. The summed E-state index contributed by atoms with van der Waals surface area (Å²) in [6.07, 6.45) is 2.27. The number of hydrogen-bond acceptors (Lipinski definition) is 3. The van der Waals surface area contributed by atoms with Gasteiger partial charge in [0.2, 0.25) is 10.0 Å². The van der Waals surface area contributed by atoms with Gasteiger partial charge in [0.1, 0.15) is 0 Å². The molecule has 0 radical (unpaired) electrons. The molecule has 5 heteroatoms. The molecule has 0 aromatic heterocycles. The monoisotopic (exact) mass is 282 g/mol. The molecule has 0 spiro atoms. The summed E-state index contributed by atoms with van der Waals surface area (Å²) in [7, 11) is -3.40. The van der Waals surface area contributed by atoms with E-state index < -0.39 is 10.0 Å². The van der Waals surface area contributed by atoms with Crippen LogP contribution in [-0.4, -0.2) is 27.5 Å². The van der Waals surface area contributed by atoms with Crippen molar-refractivity contribution in [1.82, 2.24) is 10.0 Å². The molecule has 1 aliphatic rings. The first-order chi connectivity index (χ1) is 8.92. The zero-order valence-electron chi connectivity index (χ0n) is 11.5. The van der Waals surface area contributed by atoms with Gasteiger partial charge in [0.15, 0.2) is 0 Å². The molecule has 2 N–H and O–H groups in total. The number of hydrogen-bond donors (Lipinski definition) is 2. The Morgan fingerprint density at radius 3 is 2.63 bits per heavy atom. The minimum absolute atomic E-state index is 0.122. The van der Waals surface area contributed by atoms with Crippen LogP contribution in [0.3, 0.4) is 0 Å². The molecule has 106 valence electrons. The highest BCUT2D eigenvalue weighted by atomic mass is 32.2. The number of rotatable bonds is 4. The first-order valence-electron chi connectivity index (χ1n) is 6.70. The topological polar surface area (TPSA) is 58.2 Å². The zero-order valence-corrected chi connectivity index (χ0v) is 12.3. The van der Waals surface area contributed by atoms with E-state index in [0.717, 1.165) is 19.4 Å². The Bertz CT molecular complexity index is 512. The summed E-state index contributed by atoms with van der Waals surface area (Å²) in [6.45, 7) is 5.76. The van der Waals surface area contributed by atoms with E-state index in [4.69, 9.17) is 0 Å². The highest BCUT2D eigenvalue weighted by Crippen LogP contribution is 2.29. The normalized spacial score (nSPS) is 23.2. The lowest BCUT2D eigenvalue weighted by Crippen LogP contribution is -2.52. The van der Waals surface area contributed by atoms with E-state index >= 15 is 0 Å². The van der Waals surface area contributed by atoms with Gasteiger partial charge in [-0.2, -0.15) is 0 Å². The van der Waals surface area contributed by atoms with Crippen LogP contribution in [0, 0.1) is 5.41 Å². The summed E-state index contributed by atoms with van der Waals surface area (Å²) in [4.78, 5) is 0.323. The van der Waals surface area contributed by atoms with Crippen LogP contribution in [0.1, 0.15) is 26.7 Å².